The average molecular weight is 387 g/mol. The lowest BCUT2D eigenvalue weighted by Gasteiger charge is -2.09. The second kappa shape index (κ2) is 6.71. The van der Waals surface area contributed by atoms with E-state index in [9.17, 15) is 24.5 Å². The molecule has 1 aromatic carbocycles. The van der Waals surface area contributed by atoms with E-state index >= 15 is 0 Å². The molecular formula is C12H11BrN4O6. The molecule has 0 fully saturated rings. The van der Waals surface area contributed by atoms with Crippen molar-refractivity contribution in [3.05, 3.63) is 46.9 Å². The van der Waals surface area contributed by atoms with E-state index in [-0.39, 0.29) is 40.7 Å². The van der Waals surface area contributed by atoms with Crippen LogP contribution in [0.4, 0.5) is 5.69 Å². The molecule has 0 unspecified atom stereocenters. The number of carboxylic acid groups (broad SMARTS) is 1. The van der Waals surface area contributed by atoms with Crippen molar-refractivity contribution in [1.82, 2.24) is 15.3 Å². The maximum absolute atomic E-state index is 11.5. The van der Waals surface area contributed by atoms with Crippen LogP contribution in [0, 0.1) is 10.1 Å². The number of carbonyl (C=O) groups is 1. The third-order valence-corrected chi connectivity index (χ3v) is 3.64. The molecule has 0 aliphatic carbocycles. The minimum Gasteiger partial charge on any atom is -0.481 e. The number of hydrogen-bond acceptors (Lipinski definition) is 6. The summed E-state index contributed by atoms with van der Waals surface area (Å²) in [6, 6.07) is 1.43. The van der Waals surface area contributed by atoms with Gasteiger partial charge in [-0.3, -0.25) is 24.5 Å². The van der Waals surface area contributed by atoms with Crippen molar-refractivity contribution in [2.24, 2.45) is 0 Å². The molecule has 23 heavy (non-hydrogen) atoms. The standard InChI is InChI=1S/C12H11BrN4O6/c13-6-3-5(4-14-2-1-7(18)19)8-9(10(6)17(22)23)16-12(21)11(20)15-8/h3,14H,1-2,4H2,(H,15,20)(H,16,21)(H,18,19). The fourth-order valence-electron chi connectivity index (χ4n) is 2.03. The smallest absolute Gasteiger partial charge is 0.314 e. The summed E-state index contributed by atoms with van der Waals surface area (Å²) in [4.78, 5) is 48.4. The van der Waals surface area contributed by atoms with E-state index in [1.54, 1.807) is 0 Å². The largest absolute Gasteiger partial charge is 0.481 e. The quantitative estimate of drug-likeness (QED) is 0.242. The summed E-state index contributed by atoms with van der Waals surface area (Å²) in [7, 11) is 0. The molecule has 2 aromatic rings. The molecule has 0 aliphatic heterocycles. The molecule has 0 saturated heterocycles. The third-order valence-electron chi connectivity index (χ3n) is 3.03. The number of nitro groups is 1. The Morgan fingerprint density at radius 2 is 1.91 bits per heavy atom. The molecule has 1 heterocycles. The van der Waals surface area contributed by atoms with E-state index < -0.39 is 22.0 Å². The topological polar surface area (TPSA) is 158 Å². The van der Waals surface area contributed by atoms with Crippen LogP contribution in [0.15, 0.2) is 20.1 Å². The molecule has 0 atom stereocenters. The van der Waals surface area contributed by atoms with Crippen molar-refractivity contribution in [2.45, 2.75) is 13.0 Å². The minimum absolute atomic E-state index is 0.0978. The Bertz CT molecular complexity index is 903. The van der Waals surface area contributed by atoms with E-state index in [2.05, 4.69) is 31.2 Å². The summed E-state index contributed by atoms with van der Waals surface area (Å²) in [5.41, 5.74) is -1.82. The van der Waals surface area contributed by atoms with Gasteiger partial charge in [0.25, 0.3) is 0 Å². The summed E-state index contributed by atoms with van der Waals surface area (Å²) >= 11 is 3.07. The highest BCUT2D eigenvalue weighted by Gasteiger charge is 2.21. The summed E-state index contributed by atoms with van der Waals surface area (Å²) in [6.07, 6.45) is -0.0978. The number of aromatic nitrogens is 2. The number of aliphatic carboxylic acids is 1. The molecule has 0 aliphatic rings. The predicted molar refractivity (Wildman–Crippen MR) is 83.5 cm³/mol. The first kappa shape index (κ1) is 16.8. The van der Waals surface area contributed by atoms with Crippen LogP contribution in [-0.2, 0) is 11.3 Å². The first-order chi connectivity index (χ1) is 10.8. The lowest BCUT2D eigenvalue weighted by molar-refractivity contribution is -0.384. The highest BCUT2D eigenvalue weighted by atomic mass is 79.9. The Labute approximate surface area is 135 Å². The highest BCUT2D eigenvalue weighted by Crippen LogP contribution is 2.32. The van der Waals surface area contributed by atoms with E-state index in [1.807, 2.05) is 0 Å². The molecule has 4 N–H and O–H groups in total. The van der Waals surface area contributed by atoms with Gasteiger partial charge in [0.05, 0.1) is 21.3 Å². The SMILES string of the molecule is O=C(O)CCNCc1cc(Br)c([N+](=O)[O-])c2[nH]c(=O)c(=O)[nH]c12. The van der Waals surface area contributed by atoms with Crippen LogP contribution in [0.5, 0.6) is 0 Å². The van der Waals surface area contributed by atoms with Crippen LogP contribution < -0.4 is 16.4 Å². The number of hydrogen-bond donors (Lipinski definition) is 4. The Kier molecular flexibility index (Phi) is 4.91. The lowest BCUT2D eigenvalue weighted by atomic mass is 10.1. The highest BCUT2D eigenvalue weighted by molar-refractivity contribution is 9.10. The van der Waals surface area contributed by atoms with Crippen LogP contribution in [0.3, 0.4) is 0 Å². The number of H-pyrrole nitrogens is 2. The number of halogens is 1. The number of benzene rings is 1. The zero-order valence-electron chi connectivity index (χ0n) is 11.5. The molecule has 0 spiro atoms. The van der Waals surface area contributed by atoms with E-state index in [4.69, 9.17) is 5.11 Å². The number of carboxylic acids is 1. The van der Waals surface area contributed by atoms with Gasteiger partial charge in [0, 0.05) is 13.1 Å². The fourth-order valence-corrected chi connectivity index (χ4v) is 2.65. The van der Waals surface area contributed by atoms with Crippen LogP contribution in [0.2, 0.25) is 0 Å². The van der Waals surface area contributed by atoms with Crippen molar-refractivity contribution in [1.29, 1.82) is 0 Å². The van der Waals surface area contributed by atoms with E-state index in [0.717, 1.165) is 0 Å². The molecular weight excluding hydrogens is 376 g/mol. The number of fused-ring (bicyclic) bond motifs is 1. The number of aromatic amines is 2. The van der Waals surface area contributed by atoms with Crippen LogP contribution in [0.25, 0.3) is 11.0 Å². The van der Waals surface area contributed by atoms with Crippen molar-refractivity contribution in [3.63, 3.8) is 0 Å². The van der Waals surface area contributed by atoms with Gasteiger partial charge in [-0.2, -0.15) is 0 Å². The summed E-state index contributed by atoms with van der Waals surface area (Å²) in [5.74, 6) is -0.968. The molecule has 2 rings (SSSR count). The van der Waals surface area contributed by atoms with Crippen molar-refractivity contribution in [3.8, 4) is 0 Å². The van der Waals surface area contributed by atoms with Gasteiger partial charge in [-0.1, -0.05) is 0 Å². The Morgan fingerprint density at radius 3 is 2.48 bits per heavy atom. The maximum atomic E-state index is 11.5. The second-order valence-corrected chi connectivity index (χ2v) is 5.46. The van der Waals surface area contributed by atoms with E-state index in [1.165, 1.54) is 6.07 Å². The van der Waals surface area contributed by atoms with Crippen molar-refractivity contribution >= 4 is 38.6 Å². The van der Waals surface area contributed by atoms with Gasteiger partial charge in [-0.15, -0.1) is 0 Å². The summed E-state index contributed by atoms with van der Waals surface area (Å²) < 4.78 is 0.132. The van der Waals surface area contributed by atoms with Gasteiger partial charge < -0.3 is 20.4 Å². The zero-order valence-corrected chi connectivity index (χ0v) is 13.1. The van der Waals surface area contributed by atoms with Gasteiger partial charge in [0.2, 0.25) is 0 Å². The summed E-state index contributed by atoms with van der Waals surface area (Å²) in [6.45, 7) is 0.335. The molecule has 0 radical (unpaired) electrons. The van der Waals surface area contributed by atoms with Crippen molar-refractivity contribution < 1.29 is 14.8 Å². The molecule has 10 nitrogen and oxygen atoms in total. The maximum Gasteiger partial charge on any atom is 0.314 e. The van der Waals surface area contributed by atoms with Gasteiger partial charge >= 0.3 is 22.8 Å². The predicted octanol–water partition coefficient (Wildman–Crippen LogP) is 0.451. The molecule has 122 valence electrons. The molecule has 11 heteroatoms. The summed E-state index contributed by atoms with van der Waals surface area (Å²) in [5, 5.41) is 22.6. The second-order valence-electron chi connectivity index (χ2n) is 4.60. The molecule has 0 bridgehead atoms. The van der Waals surface area contributed by atoms with Gasteiger partial charge in [-0.05, 0) is 27.6 Å². The fraction of sp³-hybridized carbons (Fsp3) is 0.250. The average Bonchev–Trinajstić information content (AvgIpc) is 2.44. The van der Waals surface area contributed by atoms with Gasteiger partial charge in [-0.25, -0.2) is 0 Å². The first-order valence-electron chi connectivity index (χ1n) is 6.36. The Morgan fingerprint density at radius 1 is 1.30 bits per heavy atom. The molecule has 1 aromatic heterocycles. The molecule has 0 saturated carbocycles. The zero-order chi connectivity index (χ0) is 17.1. The van der Waals surface area contributed by atoms with Crippen LogP contribution in [0.1, 0.15) is 12.0 Å². The minimum atomic E-state index is -0.997. The third kappa shape index (κ3) is 3.63. The normalized spacial score (nSPS) is 10.8. The Balaban J connectivity index is 2.53. The molecule has 0 amide bonds. The Hall–Kier alpha value is -2.53. The number of nitrogens with zero attached hydrogens (tertiary/aromatic N) is 1. The van der Waals surface area contributed by atoms with Crippen molar-refractivity contribution in [2.75, 3.05) is 6.54 Å². The van der Waals surface area contributed by atoms with Gasteiger partial charge in [0.1, 0.15) is 5.52 Å². The first-order valence-corrected chi connectivity index (χ1v) is 7.15. The van der Waals surface area contributed by atoms with E-state index in [0.29, 0.717) is 5.56 Å². The number of rotatable bonds is 6. The number of nitro benzene ring substituents is 1. The van der Waals surface area contributed by atoms with Crippen LogP contribution in [-0.4, -0.2) is 32.5 Å². The monoisotopic (exact) mass is 386 g/mol. The lowest BCUT2D eigenvalue weighted by Crippen LogP contribution is -2.30. The van der Waals surface area contributed by atoms with Gasteiger partial charge in [0.15, 0.2) is 0 Å². The number of nitrogens with one attached hydrogen (secondary N) is 3. The van der Waals surface area contributed by atoms with Crippen LogP contribution >= 0.6 is 15.9 Å².